The summed E-state index contributed by atoms with van der Waals surface area (Å²) in [6.07, 6.45) is 0. The van der Waals surface area contributed by atoms with E-state index in [1.807, 2.05) is 19.9 Å². The maximum Gasteiger partial charge on any atom is 0.262 e. The normalized spacial score (nSPS) is 11.1. The number of carbonyl (C=O) groups excluding carboxylic acids is 2. The number of carbonyl (C=O) groups is 2. The van der Waals surface area contributed by atoms with Gasteiger partial charge in [-0.3, -0.25) is 14.3 Å². The third-order valence-electron chi connectivity index (χ3n) is 5.60. The van der Waals surface area contributed by atoms with E-state index in [1.165, 1.54) is 13.2 Å². The third-order valence-corrected chi connectivity index (χ3v) is 7.11. The molecule has 184 valence electrons. The minimum Gasteiger partial charge on any atom is -0.383 e. The van der Waals surface area contributed by atoms with Crippen molar-refractivity contribution in [2.45, 2.75) is 25.7 Å². The lowest BCUT2D eigenvalue weighted by molar-refractivity contribution is 0.0938. The summed E-state index contributed by atoms with van der Waals surface area (Å²) in [5.74, 6) is -0.895. The Kier molecular flexibility index (Phi) is 8.26. The number of benzene rings is 3. The lowest BCUT2D eigenvalue weighted by atomic mass is 10.1. The van der Waals surface area contributed by atoms with Gasteiger partial charge in [-0.2, -0.15) is 0 Å². The second-order valence-corrected chi connectivity index (χ2v) is 9.73. The van der Waals surface area contributed by atoms with E-state index in [2.05, 4.69) is 15.4 Å². The molecule has 0 saturated heterocycles. The molecule has 3 aromatic rings. The molecular weight excluding hydrogens is 466 g/mol. The standard InChI is InChI=1S/C26H29N3O5S/c1-17-8-7-11-22(19(17)3)29-35(32,33)24-16-20(13-12-18(24)2)25(30)28-23-10-6-5-9-21(23)26(31)27-14-15-34-4/h5-13,16,29H,14-15H2,1-4H3,(H,27,31)(H,28,30). The molecule has 0 aliphatic heterocycles. The predicted molar refractivity (Wildman–Crippen MR) is 137 cm³/mol. The molecular formula is C26H29N3O5S. The molecule has 0 saturated carbocycles. The monoisotopic (exact) mass is 495 g/mol. The van der Waals surface area contributed by atoms with Gasteiger partial charge in [-0.05, 0) is 67.8 Å². The molecule has 3 N–H and O–H groups in total. The van der Waals surface area contributed by atoms with Crippen molar-refractivity contribution in [2.75, 3.05) is 30.3 Å². The van der Waals surface area contributed by atoms with Gasteiger partial charge in [0.15, 0.2) is 0 Å². The Hall–Kier alpha value is -3.69. The number of methoxy groups -OCH3 is 1. The van der Waals surface area contributed by atoms with Gasteiger partial charge in [-0.25, -0.2) is 8.42 Å². The van der Waals surface area contributed by atoms with E-state index < -0.39 is 15.9 Å². The number of nitrogens with one attached hydrogen (secondary N) is 3. The zero-order chi connectivity index (χ0) is 25.6. The molecule has 2 amide bonds. The van der Waals surface area contributed by atoms with Crippen molar-refractivity contribution in [3.63, 3.8) is 0 Å². The Morgan fingerprint density at radius 3 is 2.31 bits per heavy atom. The number of sulfonamides is 1. The van der Waals surface area contributed by atoms with Crippen molar-refractivity contribution in [1.82, 2.24) is 5.32 Å². The highest BCUT2D eigenvalue weighted by Gasteiger charge is 2.21. The molecule has 8 nitrogen and oxygen atoms in total. The van der Waals surface area contributed by atoms with Gasteiger partial charge in [0.1, 0.15) is 0 Å². The summed E-state index contributed by atoms with van der Waals surface area (Å²) < 4.78 is 33.9. The summed E-state index contributed by atoms with van der Waals surface area (Å²) in [7, 11) is -2.42. The maximum absolute atomic E-state index is 13.2. The summed E-state index contributed by atoms with van der Waals surface area (Å²) in [6, 6.07) is 16.4. The molecule has 0 spiro atoms. The molecule has 0 atom stereocenters. The number of rotatable bonds is 9. The summed E-state index contributed by atoms with van der Waals surface area (Å²) >= 11 is 0. The molecule has 9 heteroatoms. The van der Waals surface area contributed by atoms with Crippen molar-refractivity contribution in [3.05, 3.63) is 88.5 Å². The fourth-order valence-corrected chi connectivity index (χ4v) is 4.83. The molecule has 0 aromatic heterocycles. The zero-order valence-electron chi connectivity index (χ0n) is 20.1. The van der Waals surface area contributed by atoms with Crippen molar-refractivity contribution in [2.24, 2.45) is 0 Å². The smallest absolute Gasteiger partial charge is 0.262 e. The number of para-hydroxylation sites is 1. The number of hydrogen-bond acceptors (Lipinski definition) is 5. The summed E-state index contributed by atoms with van der Waals surface area (Å²) in [4.78, 5) is 25.5. The fourth-order valence-electron chi connectivity index (χ4n) is 3.44. The van der Waals surface area contributed by atoms with Crippen LogP contribution in [0, 0.1) is 20.8 Å². The number of anilines is 2. The number of aryl methyl sites for hydroxylation is 2. The molecule has 3 rings (SSSR count). The first-order valence-electron chi connectivity index (χ1n) is 11.0. The molecule has 0 radical (unpaired) electrons. The van der Waals surface area contributed by atoms with Crippen LogP contribution in [0.5, 0.6) is 0 Å². The van der Waals surface area contributed by atoms with Crippen molar-refractivity contribution in [3.8, 4) is 0 Å². The first-order chi connectivity index (χ1) is 16.6. The van der Waals surface area contributed by atoms with Gasteiger partial charge in [-0.15, -0.1) is 0 Å². The number of hydrogen-bond donors (Lipinski definition) is 3. The highest BCUT2D eigenvalue weighted by Crippen LogP contribution is 2.25. The molecule has 0 unspecified atom stereocenters. The van der Waals surface area contributed by atoms with Crippen LogP contribution in [0.15, 0.2) is 65.6 Å². The van der Waals surface area contributed by atoms with E-state index in [0.29, 0.717) is 30.1 Å². The Morgan fingerprint density at radius 1 is 0.857 bits per heavy atom. The van der Waals surface area contributed by atoms with Crippen LogP contribution < -0.4 is 15.4 Å². The second kappa shape index (κ2) is 11.2. The molecule has 0 fully saturated rings. The van der Waals surface area contributed by atoms with Gasteiger partial charge >= 0.3 is 0 Å². The molecule has 3 aromatic carbocycles. The molecule has 0 heterocycles. The van der Waals surface area contributed by atoms with E-state index in [0.717, 1.165) is 11.1 Å². The van der Waals surface area contributed by atoms with Crippen molar-refractivity contribution >= 4 is 33.2 Å². The second-order valence-electron chi connectivity index (χ2n) is 8.08. The summed E-state index contributed by atoms with van der Waals surface area (Å²) in [5, 5.41) is 5.43. The first-order valence-corrected chi connectivity index (χ1v) is 12.5. The average Bonchev–Trinajstić information content (AvgIpc) is 2.82. The quantitative estimate of drug-likeness (QED) is 0.388. The SMILES string of the molecule is COCCNC(=O)c1ccccc1NC(=O)c1ccc(C)c(S(=O)(=O)Nc2cccc(C)c2C)c1. The van der Waals surface area contributed by atoms with Gasteiger partial charge in [0, 0.05) is 19.2 Å². The first kappa shape index (κ1) is 25.9. The van der Waals surface area contributed by atoms with Crippen LogP contribution in [-0.4, -0.2) is 40.5 Å². The average molecular weight is 496 g/mol. The molecule has 0 aliphatic rings. The van der Waals surface area contributed by atoms with Gasteiger partial charge in [0.05, 0.1) is 28.4 Å². The largest absolute Gasteiger partial charge is 0.383 e. The maximum atomic E-state index is 13.2. The lowest BCUT2D eigenvalue weighted by Crippen LogP contribution is -2.28. The van der Waals surface area contributed by atoms with Crippen LogP contribution in [0.1, 0.15) is 37.4 Å². The van der Waals surface area contributed by atoms with Crippen LogP contribution in [0.4, 0.5) is 11.4 Å². The van der Waals surface area contributed by atoms with Crippen molar-refractivity contribution < 1.29 is 22.7 Å². The minimum absolute atomic E-state index is 0.00310. The highest BCUT2D eigenvalue weighted by atomic mass is 32.2. The highest BCUT2D eigenvalue weighted by molar-refractivity contribution is 7.92. The van der Waals surface area contributed by atoms with E-state index in [1.54, 1.807) is 55.5 Å². The zero-order valence-corrected chi connectivity index (χ0v) is 21.0. The van der Waals surface area contributed by atoms with Crippen LogP contribution in [0.25, 0.3) is 0 Å². The number of ether oxygens (including phenoxy) is 1. The van der Waals surface area contributed by atoms with Crippen LogP contribution in [0.3, 0.4) is 0 Å². The minimum atomic E-state index is -3.95. The van der Waals surface area contributed by atoms with E-state index in [9.17, 15) is 18.0 Å². The van der Waals surface area contributed by atoms with Gasteiger partial charge in [0.25, 0.3) is 21.8 Å². The molecule has 0 aliphatic carbocycles. The Morgan fingerprint density at radius 2 is 1.57 bits per heavy atom. The molecule has 0 bridgehead atoms. The van der Waals surface area contributed by atoms with Crippen molar-refractivity contribution in [1.29, 1.82) is 0 Å². The summed E-state index contributed by atoms with van der Waals surface area (Å²) in [6.45, 7) is 6.09. The predicted octanol–water partition coefficient (Wildman–Crippen LogP) is 4.04. The van der Waals surface area contributed by atoms with Crippen LogP contribution in [-0.2, 0) is 14.8 Å². The van der Waals surface area contributed by atoms with E-state index in [-0.39, 0.29) is 21.9 Å². The van der Waals surface area contributed by atoms with Gasteiger partial charge in [0.2, 0.25) is 0 Å². The van der Waals surface area contributed by atoms with Crippen LogP contribution in [0.2, 0.25) is 0 Å². The third kappa shape index (κ3) is 6.26. The molecule has 35 heavy (non-hydrogen) atoms. The van der Waals surface area contributed by atoms with Crippen LogP contribution >= 0.6 is 0 Å². The number of amides is 2. The summed E-state index contributed by atoms with van der Waals surface area (Å²) in [5.41, 5.74) is 3.50. The lowest BCUT2D eigenvalue weighted by Gasteiger charge is -2.15. The Bertz CT molecular complexity index is 1350. The topological polar surface area (TPSA) is 114 Å². The van der Waals surface area contributed by atoms with E-state index >= 15 is 0 Å². The van der Waals surface area contributed by atoms with Gasteiger partial charge in [-0.1, -0.05) is 30.3 Å². The van der Waals surface area contributed by atoms with E-state index in [4.69, 9.17) is 4.74 Å². The fraction of sp³-hybridized carbons (Fsp3) is 0.231. The Labute approximate surface area is 205 Å². The van der Waals surface area contributed by atoms with Gasteiger partial charge < -0.3 is 15.4 Å². The Balaban J connectivity index is 1.86.